The fraction of sp³-hybridized carbons (Fsp3) is 0.417. The van der Waals surface area contributed by atoms with Crippen LogP contribution in [0.15, 0.2) is 29.2 Å². The van der Waals surface area contributed by atoms with E-state index in [4.69, 9.17) is 5.26 Å². The van der Waals surface area contributed by atoms with Gasteiger partial charge in [-0.05, 0) is 31.2 Å². The van der Waals surface area contributed by atoms with Gasteiger partial charge in [0.15, 0.2) is 0 Å². The third kappa shape index (κ3) is 2.53. The maximum absolute atomic E-state index is 12.4. The predicted molar refractivity (Wildman–Crippen MR) is 71.8 cm³/mol. The first-order valence-electron chi connectivity index (χ1n) is 5.65. The molecule has 0 aliphatic carbocycles. The van der Waals surface area contributed by atoms with Crippen LogP contribution in [0.2, 0.25) is 0 Å². The standard InChI is InChI=1S/C12H14N2O2S2/c1-10-9-17-7-6-14(10)18(15,16)12-4-2-11(8-13)3-5-12/h2-5,10H,6-7,9H2,1H3. The minimum absolute atomic E-state index is 0.0180. The van der Waals surface area contributed by atoms with E-state index in [1.54, 1.807) is 16.1 Å². The van der Waals surface area contributed by atoms with Crippen LogP contribution in [0.4, 0.5) is 0 Å². The molecule has 6 heteroatoms. The Bertz CT molecular complexity index is 561. The Morgan fingerprint density at radius 2 is 2.06 bits per heavy atom. The molecule has 0 bridgehead atoms. The van der Waals surface area contributed by atoms with Crippen LogP contribution in [-0.2, 0) is 10.0 Å². The molecule has 1 aliphatic rings. The van der Waals surface area contributed by atoms with Crippen LogP contribution in [0.5, 0.6) is 0 Å². The van der Waals surface area contributed by atoms with Crippen molar-refractivity contribution in [2.75, 3.05) is 18.1 Å². The van der Waals surface area contributed by atoms with Crippen molar-refractivity contribution in [2.45, 2.75) is 17.9 Å². The average Bonchev–Trinajstić information content (AvgIpc) is 2.39. The Kier molecular flexibility index (Phi) is 3.95. The number of nitriles is 1. The highest BCUT2D eigenvalue weighted by molar-refractivity contribution is 7.99. The zero-order chi connectivity index (χ0) is 13.2. The van der Waals surface area contributed by atoms with Gasteiger partial charge in [-0.25, -0.2) is 8.42 Å². The van der Waals surface area contributed by atoms with Gasteiger partial charge in [-0.1, -0.05) is 0 Å². The molecule has 4 nitrogen and oxygen atoms in total. The molecule has 0 saturated carbocycles. The van der Waals surface area contributed by atoms with Gasteiger partial charge in [0.2, 0.25) is 10.0 Å². The lowest BCUT2D eigenvalue weighted by Gasteiger charge is -2.31. The highest BCUT2D eigenvalue weighted by Gasteiger charge is 2.30. The van der Waals surface area contributed by atoms with Crippen molar-refractivity contribution in [1.82, 2.24) is 4.31 Å². The first-order valence-corrected chi connectivity index (χ1v) is 8.25. The number of benzene rings is 1. The fourth-order valence-corrected chi connectivity index (χ4v) is 4.76. The van der Waals surface area contributed by atoms with Gasteiger partial charge in [-0.3, -0.25) is 0 Å². The van der Waals surface area contributed by atoms with Crippen molar-refractivity contribution < 1.29 is 8.42 Å². The number of rotatable bonds is 2. The summed E-state index contributed by atoms with van der Waals surface area (Å²) in [5.74, 6) is 1.66. The minimum atomic E-state index is -3.43. The van der Waals surface area contributed by atoms with E-state index in [9.17, 15) is 8.42 Å². The summed E-state index contributed by atoms with van der Waals surface area (Å²) in [4.78, 5) is 0.264. The molecule has 1 aromatic rings. The van der Waals surface area contributed by atoms with E-state index in [1.807, 2.05) is 13.0 Å². The van der Waals surface area contributed by atoms with Gasteiger partial charge in [0.05, 0.1) is 16.5 Å². The molecule has 1 unspecified atom stereocenters. The molecule has 1 aromatic carbocycles. The number of sulfonamides is 1. The molecule has 0 N–H and O–H groups in total. The van der Waals surface area contributed by atoms with Gasteiger partial charge in [-0.15, -0.1) is 0 Å². The summed E-state index contributed by atoms with van der Waals surface area (Å²) in [6.45, 7) is 2.47. The normalized spacial score (nSPS) is 21.4. The van der Waals surface area contributed by atoms with Gasteiger partial charge < -0.3 is 0 Å². The zero-order valence-electron chi connectivity index (χ0n) is 10.0. The molecule has 96 valence electrons. The second-order valence-electron chi connectivity index (χ2n) is 4.18. The third-order valence-corrected chi connectivity index (χ3v) is 6.11. The average molecular weight is 282 g/mol. The van der Waals surface area contributed by atoms with Crippen LogP contribution in [0.3, 0.4) is 0 Å². The molecular formula is C12H14N2O2S2. The van der Waals surface area contributed by atoms with E-state index in [-0.39, 0.29) is 10.9 Å². The second-order valence-corrected chi connectivity index (χ2v) is 7.22. The smallest absolute Gasteiger partial charge is 0.207 e. The number of hydrogen-bond acceptors (Lipinski definition) is 4. The molecular weight excluding hydrogens is 268 g/mol. The number of hydrogen-bond donors (Lipinski definition) is 0. The Morgan fingerprint density at radius 1 is 1.39 bits per heavy atom. The Labute approximate surface area is 112 Å². The minimum Gasteiger partial charge on any atom is -0.207 e. The third-order valence-electron chi connectivity index (χ3n) is 2.90. The summed E-state index contributed by atoms with van der Waals surface area (Å²) >= 11 is 1.77. The van der Waals surface area contributed by atoms with E-state index in [2.05, 4.69) is 0 Å². The Balaban J connectivity index is 2.32. The molecule has 0 aromatic heterocycles. The summed E-state index contributed by atoms with van der Waals surface area (Å²) in [5.41, 5.74) is 0.469. The second kappa shape index (κ2) is 5.31. The SMILES string of the molecule is CC1CSCCN1S(=O)(=O)c1ccc(C#N)cc1. The molecule has 2 rings (SSSR count). The van der Waals surface area contributed by atoms with E-state index < -0.39 is 10.0 Å². The van der Waals surface area contributed by atoms with E-state index >= 15 is 0 Å². The van der Waals surface area contributed by atoms with Crippen molar-refractivity contribution in [3.63, 3.8) is 0 Å². The Hall–Kier alpha value is -1.03. The van der Waals surface area contributed by atoms with Crippen molar-refractivity contribution >= 4 is 21.8 Å². The van der Waals surface area contributed by atoms with Crippen LogP contribution in [0, 0.1) is 11.3 Å². The summed E-state index contributed by atoms with van der Waals surface area (Å²) in [6.07, 6.45) is 0. The van der Waals surface area contributed by atoms with E-state index in [0.717, 1.165) is 11.5 Å². The van der Waals surface area contributed by atoms with Crippen molar-refractivity contribution in [1.29, 1.82) is 5.26 Å². The van der Waals surface area contributed by atoms with Crippen LogP contribution < -0.4 is 0 Å². The highest BCUT2D eigenvalue weighted by Crippen LogP contribution is 2.24. The lowest BCUT2D eigenvalue weighted by atomic mass is 10.2. The first-order chi connectivity index (χ1) is 8.55. The molecule has 18 heavy (non-hydrogen) atoms. The summed E-state index contributed by atoms with van der Waals surface area (Å²) in [7, 11) is -3.43. The van der Waals surface area contributed by atoms with Crippen LogP contribution in [-0.4, -0.2) is 36.8 Å². The largest absolute Gasteiger partial charge is 0.243 e. The summed E-state index contributed by atoms with van der Waals surface area (Å²) in [6, 6.07) is 8.08. The molecule has 1 saturated heterocycles. The number of thioether (sulfide) groups is 1. The lowest BCUT2D eigenvalue weighted by molar-refractivity contribution is 0.367. The predicted octanol–water partition coefficient (Wildman–Crippen LogP) is 1.68. The van der Waals surface area contributed by atoms with E-state index in [1.165, 1.54) is 24.3 Å². The monoisotopic (exact) mass is 282 g/mol. The van der Waals surface area contributed by atoms with Crippen LogP contribution in [0.25, 0.3) is 0 Å². The lowest BCUT2D eigenvalue weighted by Crippen LogP contribution is -2.44. The van der Waals surface area contributed by atoms with Gasteiger partial charge in [0.25, 0.3) is 0 Å². The molecule has 0 amide bonds. The highest BCUT2D eigenvalue weighted by atomic mass is 32.2. The molecule has 1 aliphatic heterocycles. The maximum Gasteiger partial charge on any atom is 0.243 e. The van der Waals surface area contributed by atoms with Gasteiger partial charge >= 0.3 is 0 Å². The summed E-state index contributed by atoms with van der Waals surface area (Å²) in [5, 5.41) is 8.71. The van der Waals surface area contributed by atoms with Gasteiger partial charge in [0.1, 0.15) is 0 Å². The zero-order valence-corrected chi connectivity index (χ0v) is 11.7. The molecule has 0 radical (unpaired) electrons. The first kappa shape index (κ1) is 13.4. The Morgan fingerprint density at radius 3 is 2.61 bits per heavy atom. The molecule has 1 atom stereocenters. The number of nitrogens with zero attached hydrogens (tertiary/aromatic N) is 2. The molecule has 1 fully saturated rings. The van der Waals surface area contributed by atoms with Gasteiger partial charge in [-0.2, -0.15) is 21.3 Å². The van der Waals surface area contributed by atoms with E-state index in [0.29, 0.717) is 12.1 Å². The molecule has 0 spiro atoms. The topological polar surface area (TPSA) is 61.2 Å². The summed E-state index contributed by atoms with van der Waals surface area (Å²) < 4.78 is 26.4. The fourth-order valence-electron chi connectivity index (χ4n) is 1.91. The van der Waals surface area contributed by atoms with Crippen LogP contribution in [0.1, 0.15) is 12.5 Å². The molecule has 1 heterocycles. The van der Waals surface area contributed by atoms with Gasteiger partial charge in [0, 0.05) is 24.1 Å². The van der Waals surface area contributed by atoms with Crippen molar-refractivity contribution in [3.8, 4) is 6.07 Å². The van der Waals surface area contributed by atoms with Crippen LogP contribution >= 0.6 is 11.8 Å². The quantitative estimate of drug-likeness (QED) is 0.828. The van der Waals surface area contributed by atoms with Crippen molar-refractivity contribution in [2.24, 2.45) is 0 Å². The van der Waals surface area contributed by atoms with Crippen molar-refractivity contribution in [3.05, 3.63) is 29.8 Å². The maximum atomic E-state index is 12.4.